The first kappa shape index (κ1) is 17.2. The zero-order valence-electron chi connectivity index (χ0n) is 14.2. The Hall–Kier alpha value is -2.67. The van der Waals surface area contributed by atoms with Crippen LogP contribution in [0.3, 0.4) is 0 Å². The average Bonchev–Trinajstić information content (AvgIpc) is 3.13. The highest BCUT2D eigenvalue weighted by atomic mass is 35.5. The summed E-state index contributed by atoms with van der Waals surface area (Å²) in [4.78, 5) is 16.8. The van der Waals surface area contributed by atoms with E-state index >= 15 is 0 Å². The number of carbonyl (C=O) groups is 1. The molecule has 0 atom stereocenters. The molecule has 130 valence electrons. The van der Waals surface area contributed by atoms with Gasteiger partial charge in [0.15, 0.2) is 0 Å². The lowest BCUT2D eigenvalue weighted by atomic mass is 10.1. The number of nitrogens with zero attached hydrogens (tertiary/aromatic N) is 4. The van der Waals surface area contributed by atoms with Crippen molar-refractivity contribution < 1.29 is 4.79 Å². The summed E-state index contributed by atoms with van der Waals surface area (Å²) in [5, 5.41) is 14.5. The van der Waals surface area contributed by atoms with Gasteiger partial charge >= 0.3 is 0 Å². The fourth-order valence-electron chi connectivity index (χ4n) is 2.46. The standard InChI is InChI=1S/C17H19ClN6O/c1-10(2)7-15-19-17(22-21-15)20-16(25)14-9-13(23-24(14)3)11-5-4-6-12(18)8-11/h4-6,8-10H,7H2,1-3H3,(H2,19,20,21,22,25). The second-order valence-electron chi connectivity index (χ2n) is 6.21. The van der Waals surface area contributed by atoms with Crippen LogP contribution < -0.4 is 5.32 Å². The van der Waals surface area contributed by atoms with E-state index in [4.69, 9.17) is 11.6 Å². The van der Waals surface area contributed by atoms with E-state index in [0.717, 1.165) is 17.8 Å². The van der Waals surface area contributed by atoms with Gasteiger partial charge in [-0.05, 0) is 24.1 Å². The maximum atomic E-state index is 12.5. The largest absolute Gasteiger partial charge is 0.288 e. The number of aromatic amines is 1. The Morgan fingerprint density at radius 2 is 2.16 bits per heavy atom. The molecule has 0 unspecified atom stereocenters. The van der Waals surface area contributed by atoms with Gasteiger partial charge in [-0.3, -0.25) is 19.9 Å². The molecule has 0 aliphatic rings. The topological polar surface area (TPSA) is 88.5 Å². The van der Waals surface area contributed by atoms with Crippen molar-refractivity contribution in [3.05, 3.63) is 46.9 Å². The number of aromatic nitrogens is 5. The first-order valence-electron chi connectivity index (χ1n) is 7.95. The second-order valence-corrected chi connectivity index (χ2v) is 6.64. The molecule has 0 saturated heterocycles. The van der Waals surface area contributed by atoms with Gasteiger partial charge in [0, 0.05) is 24.1 Å². The van der Waals surface area contributed by atoms with Crippen LogP contribution in [0.15, 0.2) is 30.3 Å². The number of hydrogen-bond donors (Lipinski definition) is 2. The molecule has 2 heterocycles. The zero-order chi connectivity index (χ0) is 18.0. The van der Waals surface area contributed by atoms with Gasteiger partial charge < -0.3 is 0 Å². The first-order valence-corrected chi connectivity index (χ1v) is 8.33. The van der Waals surface area contributed by atoms with Crippen LogP contribution in [0, 0.1) is 5.92 Å². The number of anilines is 1. The van der Waals surface area contributed by atoms with E-state index in [1.807, 2.05) is 12.1 Å². The van der Waals surface area contributed by atoms with Crippen molar-refractivity contribution in [3.63, 3.8) is 0 Å². The maximum Gasteiger partial charge on any atom is 0.276 e. The minimum Gasteiger partial charge on any atom is -0.288 e. The Bertz CT molecular complexity index is 898. The van der Waals surface area contributed by atoms with Crippen LogP contribution in [0.4, 0.5) is 5.95 Å². The van der Waals surface area contributed by atoms with Gasteiger partial charge in [-0.25, -0.2) is 0 Å². The third-order valence-corrected chi connectivity index (χ3v) is 3.83. The number of aryl methyl sites for hydroxylation is 1. The highest BCUT2D eigenvalue weighted by molar-refractivity contribution is 6.30. The SMILES string of the molecule is CC(C)Cc1nc(NC(=O)c2cc(-c3cccc(Cl)c3)nn2C)n[nH]1. The van der Waals surface area contributed by atoms with Crippen molar-refractivity contribution in [1.82, 2.24) is 25.0 Å². The summed E-state index contributed by atoms with van der Waals surface area (Å²) in [7, 11) is 1.71. The summed E-state index contributed by atoms with van der Waals surface area (Å²) in [6.07, 6.45) is 0.771. The van der Waals surface area contributed by atoms with Crippen LogP contribution >= 0.6 is 11.6 Å². The predicted octanol–water partition coefficient (Wildman–Crippen LogP) is 3.31. The van der Waals surface area contributed by atoms with Crippen molar-refractivity contribution in [3.8, 4) is 11.3 Å². The van der Waals surface area contributed by atoms with E-state index in [-0.39, 0.29) is 11.9 Å². The van der Waals surface area contributed by atoms with Crippen LogP contribution in [-0.4, -0.2) is 30.9 Å². The number of nitrogens with one attached hydrogen (secondary N) is 2. The van der Waals surface area contributed by atoms with E-state index in [9.17, 15) is 4.79 Å². The minimum absolute atomic E-state index is 0.256. The number of rotatable bonds is 5. The molecule has 2 N–H and O–H groups in total. The fourth-order valence-corrected chi connectivity index (χ4v) is 2.65. The summed E-state index contributed by atoms with van der Waals surface area (Å²) in [5.41, 5.74) is 1.93. The Kier molecular flexibility index (Phi) is 4.85. The van der Waals surface area contributed by atoms with Gasteiger partial charge in [-0.2, -0.15) is 10.1 Å². The van der Waals surface area contributed by atoms with Gasteiger partial charge in [0.25, 0.3) is 5.91 Å². The predicted molar refractivity (Wildman–Crippen MR) is 96.5 cm³/mol. The quantitative estimate of drug-likeness (QED) is 0.732. The summed E-state index contributed by atoms with van der Waals surface area (Å²) in [5.74, 6) is 1.13. The lowest BCUT2D eigenvalue weighted by molar-refractivity contribution is 0.101. The van der Waals surface area contributed by atoms with Crippen molar-refractivity contribution in [1.29, 1.82) is 0 Å². The molecule has 0 bridgehead atoms. The molecule has 0 spiro atoms. The summed E-state index contributed by atoms with van der Waals surface area (Å²) < 4.78 is 1.52. The molecular formula is C17H19ClN6O. The van der Waals surface area contributed by atoms with Crippen LogP contribution in [-0.2, 0) is 13.5 Å². The van der Waals surface area contributed by atoms with Crippen LogP contribution in [0.25, 0.3) is 11.3 Å². The molecule has 0 saturated carbocycles. The number of benzene rings is 1. The molecule has 2 aromatic heterocycles. The molecule has 0 radical (unpaired) electrons. The number of halogens is 1. The van der Waals surface area contributed by atoms with Gasteiger partial charge in [0.05, 0.1) is 5.69 Å². The smallest absolute Gasteiger partial charge is 0.276 e. The average molecular weight is 359 g/mol. The molecule has 3 rings (SSSR count). The maximum absolute atomic E-state index is 12.5. The Morgan fingerprint density at radius 3 is 2.88 bits per heavy atom. The molecule has 0 aliphatic carbocycles. The number of amides is 1. The van der Waals surface area contributed by atoms with Gasteiger partial charge in [-0.15, -0.1) is 5.10 Å². The van der Waals surface area contributed by atoms with E-state index in [1.54, 1.807) is 25.2 Å². The molecule has 3 aromatic rings. The highest BCUT2D eigenvalue weighted by Gasteiger charge is 2.16. The Labute approximate surface area is 150 Å². The Morgan fingerprint density at radius 1 is 1.36 bits per heavy atom. The van der Waals surface area contributed by atoms with Crippen LogP contribution in [0.1, 0.15) is 30.2 Å². The molecule has 7 nitrogen and oxygen atoms in total. The van der Waals surface area contributed by atoms with Gasteiger partial charge in [-0.1, -0.05) is 37.6 Å². The van der Waals surface area contributed by atoms with Crippen molar-refractivity contribution in [2.24, 2.45) is 13.0 Å². The zero-order valence-corrected chi connectivity index (χ0v) is 15.0. The normalized spacial score (nSPS) is 11.1. The number of hydrogen-bond acceptors (Lipinski definition) is 4. The summed E-state index contributed by atoms with van der Waals surface area (Å²) in [6.45, 7) is 4.18. The molecule has 1 amide bonds. The lowest BCUT2D eigenvalue weighted by Gasteiger charge is -2.00. The first-order chi connectivity index (χ1) is 11.9. The van der Waals surface area contributed by atoms with E-state index in [2.05, 4.69) is 39.4 Å². The summed E-state index contributed by atoms with van der Waals surface area (Å²) >= 11 is 6.02. The summed E-state index contributed by atoms with van der Waals surface area (Å²) in [6, 6.07) is 9.04. The van der Waals surface area contributed by atoms with Gasteiger partial charge in [0.1, 0.15) is 11.5 Å². The molecule has 1 aromatic carbocycles. The Balaban J connectivity index is 1.77. The van der Waals surface area contributed by atoms with Crippen LogP contribution in [0.5, 0.6) is 0 Å². The molecule has 0 aliphatic heterocycles. The molecule has 8 heteroatoms. The van der Waals surface area contributed by atoms with E-state index < -0.39 is 0 Å². The van der Waals surface area contributed by atoms with E-state index in [0.29, 0.717) is 22.3 Å². The third-order valence-electron chi connectivity index (χ3n) is 3.59. The van der Waals surface area contributed by atoms with E-state index in [1.165, 1.54) is 4.68 Å². The fraction of sp³-hybridized carbons (Fsp3) is 0.294. The second kappa shape index (κ2) is 7.06. The molecule has 25 heavy (non-hydrogen) atoms. The minimum atomic E-state index is -0.321. The molecular weight excluding hydrogens is 340 g/mol. The van der Waals surface area contributed by atoms with Crippen LogP contribution in [0.2, 0.25) is 5.02 Å². The molecule has 0 fully saturated rings. The number of H-pyrrole nitrogens is 1. The monoisotopic (exact) mass is 358 g/mol. The van der Waals surface area contributed by atoms with Gasteiger partial charge in [0.2, 0.25) is 5.95 Å². The van der Waals surface area contributed by atoms with Crippen molar-refractivity contribution >= 4 is 23.5 Å². The van der Waals surface area contributed by atoms with Crippen molar-refractivity contribution in [2.45, 2.75) is 20.3 Å². The van der Waals surface area contributed by atoms with Crippen molar-refractivity contribution in [2.75, 3.05) is 5.32 Å². The lowest BCUT2D eigenvalue weighted by Crippen LogP contribution is -2.16. The number of carbonyl (C=O) groups excluding carboxylic acids is 1. The third kappa shape index (κ3) is 4.06. The highest BCUT2D eigenvalue weighted by Crippen LogP contribution is 2.22.